The van der Waals surface area contributed by atoms with Gasteiger partial charge in [0.25, 0.3) is 5.91 Å². The standard InChI is InChI=1S/C15H23ClN4O/c1-11(2)10-20-15(17-3)19-9-8-18-14(21)12-4-6-13(16)7-5-12/h4-7,11H,8-10H2,1-3H3,(H,18,21)(H2,17,19,20). The molecule has 21 heavy (non-hydrogen) atoms. The number of carbonyl (C=O) groups is 1. The topological polar surface area (TPSA) is 65.5 Å². The van der Waals surface area contributed by atoms with Crippen LogP contribution >= 0.6 is 11.6 Å². The number of hydrogen-bond acceptors (Lipinski definition) is 2. The van der Waals surface area contributed by atoms with Crippen molar-refractivity contribution in [1.82, 2.24) is 16.0 Å². The summed E-state index contributed by atoms with van der Waals surface area (Å²) in [5, 5.41) is 9.80. The Labute approximate surface area is 131 Å². The second-order valence-electron chi connectivity index (χ2n) is 5.04. The molecule has 0 spiro atoms. The molecule has 0 fully saturated rings. The first-order valence-electron chi connectivity index (χ1n) is 7.01. The molecule has 1 rings (SSSR count). The molecule has 116 valence electrons. The van der Waals surface area contributed by atoms with Gasteiger partial charge in [-0.3, -0.25) is 9.79 Å². The number of amides is 1. The highest BCUT2D eigenvalue weighted by Crippen LogP contribution is 2.08. The Hall–Kier alpha value is -1.75. The fourth-order valence-electron chi connectivity index (χ4n) is 1.58. The van der Waals surface area contributed by atoms with Crippen molar-refractivity contribution in [3.63, 3.8) is 0 Å². The molecule has 5 nitrogen and oxygen atoms in total. The van der Waals surface area contributed by atoms with E-state index in [1.807, 2.05) is 0 Å². The number of hydrogen-bond donors (Lipinski definition) is 3. The molecule has 0 saturated carbocycles. The molecule has 3 N–H and O–H groups in total. The third-order valence-electron chi connectivity index (χ3n) is 2.71. The van der Waals surface area contributed by atoms with Crippen LogP contribution in [0.5, 0.6) is 0 Å². The molecule has 0 aliphatic carbocycles. The Balaban J connectivity index is 2.26. The minimum Gasteiger partial charge on any atom is -0.356 e. The van der Waals surface area contributed by atoms with Crippen molar-refractivity contribution in [2.45, 2.75) is 13.8 Å². The number of benzene rings is 1. The lowest BCUT2D eigenvalue weighted by molar-refractivity contribution is 0.0954. The smallest absolute Gasteiger partial charge is 0.251 e. The molecule has 6 heteroatoms. The van der Waals surface area contributed by atoms with Crippen LogP contribution in [0, 0.1) is 5.92 Å². The fraction of sp³-hybridized carbons (Fsp3) is 0.467. The zero-order valence-electron chi connectivity index (χ0n) is 12.7. The van der Waals surface area contributed by atoms with Gasteiger partial charge in [0, 0.05) is 37.3 Å². The van der Waals surface area contributed by atoms with Gasteiger partial charge in [0.15, 0.2) is 5.96 Å². The summed E-state index contributed by atoms with van der Waals surface area (Å²) >= 11 is 5.78. The molecule has 0 saturated heterocycles. The van der Waals surface area contributed by atoms with E-state index < -0.39 is 0 Å². The monoisotopic (exact) mass is 310 g/mol. The van der Waals surface area contributed by atoms with Crippen molar-refractivity contribution in [3.8, 4) is 0 Å². The van der Waals surface area contributed by atoms with Crippen LogP contribution in [0.4, 0.5) is 0 Å². The van der Waals surface area contributed by atoms with Crippen LogP contribution in [-0.4, -0.2) is 38.5 Å². The average molecular weight is 311 g/mol. The summed E-state index contributed by atoms with van der Waals surface area (Å²) in [5.41, 5.74) is 0.599. The predicted molar refractivity (Wildman–Crippen MR) is 88.0 cm³/mol. The maximum absolute atomic E-state index is 11.9. The quantitative estimate of drug-likeness (QED) is 0.427. The van der Waals surface area contributed by atoms with E-state index in [0.717, 1.165) is 12.5 Å². The van der Waals surface area contributed by atoms with Crippen LogP contribution in [0.3, 0.4) is 0 Å². The minimum absolute atomic E-state index is 0.112. The van der Waals surface area contributed by atoms with Crippen LogP contribution in [0.1, 0.15) is 24.2 Å². The largest absolute Gasteiger partial charge is 0.356 e. The maximum Gasteiger partial charge on any atom is 0.251 e. The molecule has 1 aromatic rings. The first-order chi connectivity index (χ1) is 10.0. The van der Waals surface area contributed by atoms with E-state index in [-0.39, 0.29) is 5.91 Å². The Bertz CT molecular complexity index is 471. The van der Waals surface area contributed by atoms with Crippen molar-refractivity contribution < 1.29 is 4.79 Å². The number of nitrogens with one attached hydrogen (secondary N) is 3. The Kier molecular flexibility index (Phi) is 7.61. The van der Waals surface area contributed by atoms with Gasteiger partial charge in [-0.25, -0.2) is 0 Å². The second kappa shape index (κ2) is 9.23. The van der Waals surface area contributed by atoms with Gasteiger partial charge in [-0.05, 0) is 30.2 Å². The highest BCUT2D eigenvalue weighted by atomic mass is 35.5. The number of rotatable bonds is 6. The summed E-state index contributed by atoms with van der Waals surface area (Å²) in [5.74, 6) is 1.18. The zero-order valence-corrected chi connectivity index (χ0v) is 13.5. The van der Waals surface area contributed by atoms with Gasteiger partial charge in [0.2, 0.25) is 0 Å². The van der Waals surface area contributed by atoms with Crippen molar-refractivity contribution in [2.75, 3.05) is 26.7 Å². The normalized spacial score (nSPS) is 11.4. The van der Waals surface area contributed by atoms with E-state index in [1.54, 1.807) is 31.3 Å². The van der Waals surface area contributed by atoms with Crippen LogP contribution in [0.15, 0.2) is 29.3 Å². The number of nitrogens with zero attached hydrogens (tertiary/aromatic N) is 1. The lowest BCUT2D eigenvalue weighted by Crippen LogP contribution is -2.42. The Morgan fingerprint density at radius 3 is 2.33 bits per heavy atom. The van der Waals surface area contributed by atoms with Crippen molar-refractivity contribution in [2.24, 2.45) is 10.9 Å². The first-order valence-corrected chi connectivity index (χ1v) is 7.39. The van der Waals surface area contributed by atoms with Crippen molar-refractivity contribution >= 4 is 23.5 Å². The van der Waals surface area contributed by atoms with Crippen LogP contribution < -0.4 is 16.0 Å². The SMILES string of the molecule is CN=C(NCCNC(=O)c1ccc(Cl)cc1)NCC(C)C. The van der Waals surface area contributed by atoms with Crippen LogP contribution in [0.2, 0.25) is 5.02 Å². The number of carbonyl (C=O) groups excluding carboxylic acids is 1. The lowest BCUT2D eigenvalue weighted by atomic mass is 10.2. The second-order valence-corrected chi connectivity index (χ2v) is 5.47. The lowest BCUT2D eigenvalue weighted by Gasteiger charge is -2.13. The highest BCUT2D eigenvalue weighted by Gasteiger charge is 2.04. The van der Waals surface area contributed by atoms with Gasteiger partial charge in [0.05, 0.1) is 0 Å². The summed E-state index contributed by atoms with van der Waals surface area (Å²) in [7, 11) is 1.72. The molecule has 0 heterocycles. The van der Waals surface area contributed by atoms with Gasteiger partial charge in [-0.1, -0.05) is 25.4 Å². The Morgan fingerprint density at radius 1 is 1.14 bits per heavy atom. The number of aliphatic imine (C=N–C) groups is 1. The summed E-state index contributed by atoms with van der Waals surface area (Å²) in [4.78, 5) is 16.0. The molecule has 0 bridgehead atoms. The van der Waals surface area contributed by atoms with E-state index in [2.05, 4.69) is 34.8 Å². The molecule has 0 aliphatic heterocycles. The molecule has 0 aliphatic rings. The summed E-state index contributed by atoms with van der Waals surface area (Å²) in [6, 6.07) is 6.81. The molecular weight excluding hydrogens is 288 g/mol. The van der Waals surface area contributed by atoms with Gasteiger partial charge in [-0.15, -0.1) is 0 Å². The molecule has 1 aromatic carbocycles. The molecule has 0 aromatic heterocycles. The molecule has 0 unspecified atom stereocenters. The minimum atomic E-state index is -0.112. The summed E-state index contributed by atoms with van der Waals surface area (Å²) in [6.07, 6.45) is 0. The zero-order chi connectivity index (χ0) is 15.7. The molecular formula is C15H23ClN4O. The highest BCUT2D eigenvalue weighted by molar-refractivity contribution is 6.30. The maximum atomic E-state index is 11.9. The molecule has 0 radical (unpaired) electrons. The summed E-state index contributed by atoms with van der Waals surface area (Å²) < 4.78 is 0. The van der Waals surface area contributed by atoms with Crippen LogP contribution in [0.25, 0.3) is 0 Å². The number of halogens is 1. The average Bonchev–Trinajstić information content (AvgIpc) is 2.46. The van der Waals surface area contributed by atoms with E-state index >= 15 is 0 Å². The van der Waals surface area contributed by atoms with E-state index in [4.69, 9.17) is 11.6 Å². The van der Waals surface area contributed by atoms with E-state index in [9.17, 15) is 4.79 Å². The number of guanidine groups is 1. The molecule has 1 amide bonds. The third kappa shape index (κ3) is 6.99. The van der Waals surface area contributed by atoms with Gasteiger partial charge in [-0.2, -0.15) is 0 Å². The van der Waals surface area contributed by atoms with Crippen molar-refractivity contribution in [1.29, 1.82) is 0 Å². The van der Waals surface area contributed by atoms with Crippen molar-refractivity contribution in [3.05, 3.63) is 34.9 Å². The summed E-state index contributed by atoms with van der Waals surface area (Å²) in [6.45, 7) is 6.25. The van der Waals surface area contributed by atoms with Gasteiger partial charge in [0.1, 0.15) is 0 Å². The molecule has 0 atom stereocenters. The van der Waals surface area contributed by atoms with Crippen LogP contribution in [-0.2, 0) is 0 Å². The first kappa shape index (κ1) is 17.3. The predicted octanol–water partition coefficient (Wildman–Crippen LogP) is 1.89. The van der Waals surface area contributed by atoms with E-state index in [0.29, 0.717) is 29.6 Å². The van der Waals surface area contributed by atoms with Gasteiger partial charge < -0.3 is 16.0 Å². The van der Waals surface area contributed by atoms with E-state index in [1.165, 1.54) is 0 Å². The fourth-order valence-corrected chi connectivity index (χ4v) is 1.71. The van der Waals surface area contributed by atoms with Gasteiger partial charge >= 0.3 is 0 Å². The third-order valence-corrected chi connectivity index (χ3v) is 2.96. The Morgan fingerprint density at radius 2 is 1.76 bits per heavy atom.